The normalized spacial score (nSPS) is 11.2. The van der Waals surface area contributed by atoms with E-state index >= 15 is 0 Å². The molecule has 0 aromatic heterocycles. The molecule has 0 fully saturated rings. The van der Waals surface area contributed by atoms with Gasteiger partial charge < -0.3 is 86.7 Å². The summed E-state index contributed by atoms with van der Waals surface area (Å²) in [4.78, 5) is 57.7. The SMILES string of the molecule is C#CCOC(c1ccc(C)c(CO)c1)C(C)(C)C(=O)OC.C#CCOC(c1ccc(C)c(COCc2ccc(OC)cc2)c1)C(C)(C)C(=O)OC.CCc1ccc(OC)cc1.COC(=O)C(C)(C)C(O)c1ccc(C)c(COCc2ccc(OC)cc2)c1.COc1ccc(COCc2cc(Br)ccc2C)cc1.COc1ccc(COCc2cc(C=O)ccc2C)cc1.Cc1ccc(Br)cc1C(=O)O.Cc1ccc(Br)cc1CO.[B]C. The number of aromatic carboxylic acids is 1. The van der Waals surface area contributed by atoms with Gasteiger partial charge in [-0.15, -0.1) is 12.8 Å². The van der Waals surface area contributed by atoms with E-state index in [9.17, 15) is 34.2 Å². The number of carbonyl (C=O) groups is 5. The van der Waals surface area contributed by atoms with Crippen LogP contribution in [0.15, 0.2) is 262 Å². The molecule has 800 valence electrons. The van der Waals surface area contributed by atoms with Crippen LogP contribution in [0.2, 0.25) is 6.82 Å². The van der Waals surface area contributed by atoms with Crippen LogP contribution < -0.4 is 23.7 Å². The molecule has 27 heteroatoms. The van der Waals surface area contributed by atoms with Gasteiger partial charge in [-0.25, -0.2) is 4.79 Å². The first-order chi connectivity index (χ1) is 71.6. The van der Waals surface area contributed by atoms with Crippen LogP contribution in [-0.2, 0) is 130 Å². The van der Waals surface area contributed by atoms with E-state index in [4.69, 9.17) is 89.4 Å². The van der Waals surface area contributed by atoms with Crippen LogP contribution in [0.5, 0.6) is 28.7 Å². The van der Waals surface area contributed by atoms with Crippen LogP contribution >= 0.6 is 47.8 Å². The molecule has 0 bridgehead atoms. The van der Waals surface area contributed by atoms with Gasteiger partial charge in [-0.3, -0.25) is 19.2 Å². The fourth-order valence-corrected chi connectivity index (χ4v) is 15.7. The first kappa shape index (κ1) is 130. The first-order valence-corrected chi connectivity index (χ1v) is 50.6. The molecule has 3 unspecified atom stereocenters. The minimum atomic E-state index is -1.04. The van der Waals surface area contributed by atoms with Crippen molar-refractivity contribution in [3.05, 3.63) is 390 Å². The number of carbonyl (C=O) groups excluding carboxylic acids is 4. The largest absolute Gasteiger partial charge is 0.497 e. The second-order valence-electron chi connectivity index (χ2n) is 36.0. The number of hydrogen-bond donors (Lipinski definition) is 4. The van der Waals surface area contributed by atoms with Gasteiger partial charge in [0.15, 0.2) is 0 Å². The summed E-state index contributed by atoms with van der Waals surface area (Å²) in [6.45, 7) is 32.2. The van der Waals surface area contributed by atoms with E-state index in [1.54, 1.807) is 96.1 Å². The fraction of sp³-hybridized carbons (Fsp3) is 0.341. The second-order valence-corrected chi connectivity index (χ2v) is 38.7. The molecular weight excluding hydrogens is 2100 g/mol. The van der Waals surface area contributed by atoms with E-state index in [0.29, 0.717) is 69.5 Å². The van der Waals surface area contributed by atoms with E-state index in [0.717, 1.165) is 149 Å². The molecule has 0 aliphatic rings. The molecule has 12 aromatic carbocycles. The van der Waals surface area contributed by atoms with Gasteiger partial charge in [0.2, 0.25) is 0 Å². The monoisotopic (exact) mass is 2240 g/mol. The van der Waals surface area contributed by atoms with Crippen molar-refractivity contribution in [2.75, 3.05) is 70.1 Å². The van der Waals surface area contributed by atoms with Crippen molar-refractivity contribution >= 4 is 85.8 Å². The van der Waals surface area contributed by atoms with Crippen molar-refractivity contribution in [3.8, 4) is 53.4 Å². The van der Waals surface area contributed by atoms with Gasteiger partial charge in [0, 0.05) is 19.0 Å². The molecule has 0 amide bonds. The van der Waals surface area contributed by atoms with Gasteiger partial charge in [-0.05, 0) is 316 Å². The molecule has 0 aliphatic heterocycles. The third-order valence-corrected chi connectivity index (χ3v) is 25.5. The number of aldehydes is 1. The van der Waals surface area contributed by atoms with Crippen molar-refractivity contribution in [1.29, 1.82) is 0 Å². The first-order valence-electron chi connectivity index (χ1n) is 48.2. The Hall–Kier alpha value is -12.5. The second kappa shape index (κ2) is 69.0. The average Bonchev–Trinajstić information content (AvgIpc) is 0.788. The maximum atomic E-state index is 12.4. The van der Waals surface area contributed by atoms with Crippen molar-refractivity contribution in [3.63, 3.8) is 0 Å². The zero-order valence-electron chi connectivity index (χ0n) is 90.6. The van der Waals surface area contributed by atoms with Gasteiger partial charge in [0.05, 0.1) is 171 Å². The number of terminal acetylenes is 2. The Bertz CT molecular complexity index is 6170. The number of carboxylic acids is 1. The molecule has 0 aliphatic carbocycles. The lowest BCUT2D eigenvalue weighted by molar-refractivity contribution is -0.161. The van der Waals surface area contributed by atoms with Crippen LogP contribution in [0.3, 0.4) is 0 Å². The number of rotatable bonds is 39. The Labute approximate surface area is 914 Å². The summed E-state index contributed by atoms with van der Waals surface area (Å²) in [5, 5.41) is 37.5. The Kier molecular flexibility index (Phi) is 59.7. The molecule has 150 heavy (non-hydrogen) atoms. The molecule has 3 atom stereocenters. The number of carboxylic acid groups (broad SMARTS) is 1. The lowest BCUT2D eigenvalue weighted by atomic mass is 9.81. The van der Waals surface area contributed by atoms with E-state index < -0.39 is 46.5 Å². The molecular formula is C123H146BBr3O23. The molecule has 2 radical (unpaired) electrons. The fourth-order valence-electron chi connectivity index (χ4n) is 14.5. The lowest BCUT2D eigenvalue weighted by Gasteiger charge is -2.32. The molecule has 12 aromatic rings. The van der Waals surface area contributed by atoms with E-state index in [1.807, 2.05) is 247 Å². The highest BCUT2D eigenvalue weighted by Crippen LogP contribution is 2.42. The topological polar surface area (TPSA) is 295 Å². The number of aliphatic hydroxyl groups is 3. The summed E-state index contributed by atoms with van der Waals surface area (Å²) < 4.78 is 77.9. The van der Waals surface area contributed by atoms with Crippen molar-refractivity contribution in [1.82, 2.24) is 0 Å². The summed E-state index contributed by atoms with van der Waals surface area (Å²) in [6, 6.07) is 79.5. The van der Waals surface area contributed by atoms with Gasteiger partial charge in [0.1, 0.15) is 48.2 Å². The minimum absolute atomic E-state index is 0.0693. The zero-order valence-corrected chi connectivity index (χ0v) is 95.3. The molecule has 0 heterocycles. The van der Waals surface area contributed by atoms with E-state index in [2.05, 4.69) is 106 Å². The number of aryl methyl sites for hydroxylation is 8. The summed E-state index contributed by atoms with van der Waals surface area (Å²) in [7, 11) is 16.8. The average molecular weight is 2240 g/mol. The Morgan fingerprint density at radius 3 is 0.900 bits per heavy atom. The summed E-state index contributed by atoms with van der Waals surface area (Å²) in [6.07, 6.45) is 10.5. The number of hydrogen-bond acceptors (Lipinski definition) is 22. The number of ether oxygens (including phenoxy) is 14. The van der Waals surface area contributed by atoms with Crippen LogP contribution in [0, 0.1) is 89.4 Å². The minimum Gasteiger partial charge on any atom is -0.497 e. The Morgan fingerprint density at radius 1 is 0.347 bits per heavy atom. The maximum absolute atomic E-state index is 12.4. The highest BCUT2D eigenvalue weighted by molar-refractivity contribution is 9.11. The zero-order chi connectivity index (χ0) is 112. The summed E-state index contributed by atoms with van der Waals surface area (Å²) in [5.74, 6) is 7.07. The van der Waals surface area contributed by atoms with Gasteiger partial charge in [-0.1, -0.05) is 219 Å². The maximum Gasteiger partial charge on any atom is 0.335 e. The summed E-state index contributed by atoms with van der Waals surface area (Å²) >= 11 is 10.0. The molecule has 4 N–H and O–H groups in total. The van der Waals surface area contributed by atoms with Crippen LogP contribution in [0.25, 0.3) is 0 Å². The van der Waals surface area contributed by atoms with E-state index in [-0.39, 0.29) is 38.4 Å². The lowest BCUT2D eigenvalue weighted by Crippen LogP contribution is -2.34. The van der Waals surface area contributed by atoms with Gasteiger partial charge in [-0.2, -0.15) is 0 Å². The third kappa shape index (κ3) is 43.8. The van der Waals surface area contributed by atoms with Crippen molar-refractivity contribution < 1.29 is 111 Å². The highest BCUT2D eigenvalue weighted by Gasteiger charge is 2.42. The molecule has 12 rings (SSSR count). The number of aliphatic hydroxyl groups excluding tert-OH is 3. The van der Waals surface area contributed by atoms with Crippen molar-refractivity contribution in [2.24, 2.45) is 16.2 Å². The van der Waals surface area contributed by atoms with Gasteiger partial charge in [0.25, 0.3) is 0 Å². The highest BCUT2D eigenvalue weighted by atomic mass is 79.9. The predicted octanol–water partition coefficient (Wildman–Crippen LogP) is 26.1. The molecule has 0 spiro atoms. The Morgan fingerprint density at radius 2 is 0.607 bits per heavy atom. The number of methoxy groups -OCH3 is 8. The number of halogens is 3. The quantitative estimate of drug-likeness (QED) is 0.00915. The number of benzene rings is 12. The summed E-state index contributed by atoms with van der Waals surface area (Å²) in [5.41, 5.74) is 19.7. The van der Waals surface area contributed by atoms with Crippen LogP contribution in [-0.4, -0.2) is 129 Å². The van der Waals surface area contributed by atoms with Crippen LogP contribution in [0.1, 0.15) is 204 Å². The third-order valence-electron chi connectivity index (χ3n) is 24.0. The molecule has 0 saturated carbocycles. The molecule has 0 saturated heterocycles. The predicted molar refractivity (Wildman–Crippen MR) is 603 cm³/mol. The smallest absolute Gasteiger partial charge is 0.335 e. The van der Waals surface area contributed by atoms with Crippen molar-refractivity contribution in [2.45, 2.75) is 195 Å². The number of esters is 3. The standard InChI is InChI=1S/C25H30O5.C22H28O5.C17H22O4.C17H18O3.C16H17BrO2.C9H12O.C8H7BrO2.C8H9BrO.CH3B/c1-7-14-30-23(25(3,4)24(26)28-6)20-11-8-18(2)21(15-20)17-29-16-19-9-12-22(27-5)13-10-19;1-15-6-9-17(20(23)22(2,3)21(24)26-5)12-18(15)14-27-13-16-7-10-19(25-4)11-8-16;1-6-9-21-15(17(3,4)16(19)20-5)13-8-7-12(2)14(10-13)11-18;1-13-3-4-15(10-18)9-16(13)12-20-11-14-5-7-17(19-2)8-6-14;1-12-3-6-15(17)9-14(12)11-19-10-13-4-7-16(18-2)8-5-13;1-3-8-4-6-9(10-2)7-5-8;1-5-2-3-6(9)4-7(5)8(10)11;1-6-2-3-8(9)4-7(6)5-10;1-2/h1,8-13,15,23H,14,16-17H2,2-6H3;6-12,20,23H,13-14H2,1-5H3;1,7-8,10,15,18H,9,11H2,2-5H3;3-10H,11-12H2,1-2H3;3-9H,10-11H2,1-2H3;4-7H,3H2,1-2H3;2-4H,1H3,(H,10,11);2-4,10H,5H2,1H3;1H3. The van der Waals surface area contributed by atoms with Crippen LogP contribution in [0.4, 0.5) is 0 Å². The van der Waals surface area contributed by atoms with E-state index in [1.165, 1.54) is 44.8 Å². The van der Waals surface area contributed by atoms with Gasteiger partial charge >= 0.3 is 23.9 Å². The molecule has 23 nitrogen and oxygen atoms in total. The Balaban J connectivity index is 0.000000365.